The number of pyridine rings is 1. The first kappa shape index (κ1) is 11.8. The minimum absolute atomic E-state index is 0. The first-order chi connectivity index (χ1) is 4.61. The Labute approximate surface area is 100 Å². The zero-order chi connectivity index (χ0) is 7.72. The maximum atomic E-state index is 10.6. The number of nitrogens with zero attached hydrogens (tertiary/aromatic N) is 1. The van der Waals surface area contributed by atoms with Gasteiger partial charge < -0.3 is 0 Å². The van der Waals surface area contributed by atoms with Crippen molar-refractivity contribution in [3.8, 4) is 0 Å². The third-order valence-corrected chi connectivity index (χ3v) is 1.80. The van der Waals surface area contributed by atoms with E-state index in [9.17, 15) is 4.79 Å². The Hall–Kier alpha value is 0.820. The molecular weight excluding hydrogens is 219 g/mol. The van der Waals surface area contributed by atoms with E-state index >= 15 is 0 Å². The Morgan fingerprint density at radius 3 is 2.45 bits per heavy atom. The van der Waals surface area contributed by atoms with E-state index in [0.29, 0.717) is 0 Å². The van der Waals surface area contributed by atoms with Gasteiger partial charge in [0.2, 0.25) is 5.56 Å². The normalized spacial score (nSPS) is 9.00. The van der Waals surface area contributed by atoms with E-state index in [2.05, 4.69) is 4.98 Å². The summed E-state index contributed by atoms with van der Waals surface area (Å²) in [5.74, 6) is 0. The van der Waals surface area contributed by atoms with E-state index < -0.39 is 5.56 Å². The molecule has 0 aliphatic heterocycles. The number of halogens is 3. The number of hydrogen-bond acceptors (Lipinski definition) is 2. The molecule has 0 saturated heterocycles. The van der Waals surface area contributed by atoms with Crippen LogP contribution in [0, 0.1) is 0 Å². The van der Waals surface area contributed by atoms with Crippen LogP contribution in [0.5, 0.6) is 0 Å². The second-order valence-electron chi connectivity index (χ2n) is 1.55. The summed E-state index contributed by atoms with van der Waals surface area (Å²) in [4.78, 5) is 13.9. The third kappa shape index (κ3) is 2.98. The van der Waals surface area contributed by atoms with Crippen LogP contribution in [0.25, 0.3) is 0 Å². The molecule has 1 rings (SSSR count). The molecule has 0 bridgehead atoms. The molecule has 11 heavy (non-hydrogen) atoms. The minimum atomic E-state index is -0.559. The van der Waals surface area contributed by atoms with Gasteiger partial charge in [0.15, 0.2) is 0 Å². The van der Waals surface area contributed by atoms with E-state index in [1.54, 1.807) is 0 Å². The van der Waals surface area contributed by atoms with Gasteiger partial charge in [-0.05, 0) is 5.02 Å². The smallest absolute Gasteiger partial charge is 0.288 e. The Morgan fingerprint density at radius 1 is 1.45 bits per heavy atom. The van der Waals surface area contributed by atoms with Crippen molar-refractivity contribution < 1.29 is 29.6 Å². The zero-order valence-electron chi connectivity index (χ0n) is 5.57. The van der Waals surface area contributed by atoms with Crippen LogP contribution >= 0.6 is 34.8 Å². The predicted molar refractivity (Wildman–Crippen MR) is 41.1 cm³/mol. The zero-order valence-corrected chi connectivity index (χ0v) is 9.83. The van der Waals surface area contributed by atoms with E-state index in [-0.39, 0.29) is 44.8 Å². The van der Waals surface area contributed by atoms with Gasteiger partial charge in [-0.25, -0.2) is 16.6 Å². The molecule has 0 atom stereocenters. The summed E-state index contributed by atoms with van der Waals surface area (Å²) in [5.41, 5.74) is -0.559. The molecule has 0 unspecified atom stereocenters. The quantitative estimate of drug-likeness (QED) is 0.323. The maximum absolute atomic E-state index is 10.6. The fourth-order valence-corrected chi connectivity index (χ4v) is 0.918. The van der Waals surface area contributed by atoms with Crippen LogP contribution in [0.4, 0.5) is 0 Å². The van der Waals surface area contributed by atoms with Crippen LogP contribution in [-0.2, 0) is 0 Å². The van der Waals surface area contributed by atoms with E-state index in [1.807, 2.05) is 0 Å². The molecule has 1 aromatic rings. The number of rotatable bonds is 0. The number of hydrogen-bond donors (Lipinski definition) is 0. The molecule has 0 N–H and O–H groups in total. The molecule has 0 aromatic carbocycles. The average Bonchev–Trinajstić information content (AvgIpc) is 1.84. The summed E-state index contributed by atoms with van der Waals surface area (Å²) < 4.78 is 0. The molecular formula is C5HCl3NNaO. The predicted octanol–water partition coefficient (Wildman–Crippen LogP) is -0.875. The molecule has 0 radical (unpaired) electrons. The first-order valence-corrected chi connectivity index (χ1v) is 3.43. The first-order valence-electron chi connectivity index (χ1n) is 2.30. The fraction of sp³-hybridized carbons (Fsp3) is 0. The van der Waals surface area contributed by atoms with Gasteiger partial charge in [0.25, 0.3) is 0 Å². The largest absolute Gasteiger partial charge is 1.00 e. The minimum Gasteiger partial charge on any atom is -0.288 e. The van der Waals surface area contributed by atoms with Crippen LogP contribution in [0.15, 0.2) is 10.9 Å². The van der Waals surface area contributed by atoms with Crippen molar-refractivity contribution in [3.63, 3.8) is 0 Å². The maximum Gasteiger partial charge on any atom is 1.00 e. The van der Waals surface area contributed by atoms with Crippen molar-refractivity contribution >= 4 is 34.8 Å². The standard InChI is InChI=1S/C5HCl3NO.Na/c6-2-1-3(7)5(10)9-4(2)8;/h1H;/q-1;+1. The van der Waals surface area contributed by atoms with Crippen LogP contribution in [0.1, 0.15) is 0 Å². The SMILES string of the molecule is O=c1nc(Cl)[c-](Cl)cc1Cl.[Na+]. The summed E-state index contributed by atoms with van der Waals surface area (Å²) >= 11 is 16.2. The van der Waals surface area contributed by atoms with E-state index in [1.165, 1.54) is 6.07 Å². The van der Waals surface area contributed by atoms with Gasteiger partial charge in [0, 0.05) is 0 Å². The van der Waals surface area contributed by atoms with Crippen LogP contribution < -0.4 is 35.1 Å². The average molecular weight is 220 g/mol. The van der Waals surface area contributed by atoms with Crippen molar-refractivity contribution in [1.82, 2.24) is 4.98 Å². The van der Waals surface area contributed by atoms with Gasteiger partial charge in [0.1, 0.15) is 0 Å². The monoisotopic (exact) mass is 219 g/mol. The molecule has 2 nitrogen and oxygen atoms in total. The van der Waals surface area contributed by atoms with Gasteiger partial charge in [-0.1, -0.05) is 16.6 Å². The van der Waals surface area contributed by atoms with Crippen molar-refractivity contribution in [1.29, 1.82) is 0 Å². The summed E-state index contributed by atoms with van der Waals surface area (Å²) in [6, 6.07) is 1.26. The van der Waals surface area contributed by atoms with Crippen molar-refractivity contribution in [2.75, 3.05) is 0 Å². The summed E-state index contributed by atoms with van der Waals surface area (Å²) in [6.07, 6.45) is 0. The summed E-state index contributed by atoms with van der Waals surface area (Å²) in [5, 5.41) is 0.150. The van der Waals surface area contributed by atoms with E-state index in [0.717, 1.165) is 0 Å². The van der Waals surface area contributed by atoms with Crippen LogP contribution in [-0.4, -0.2) is 4.98 Å². The Bertz CT molecular complexity index is 311. The molecule has 6 heteroatoms. The molecule has 54 valence electrons. The fourth-order valence-electron chi connectivity index (χ4n) is 0.429. The van der Waals surface area contributed by atoms with Gasteiger partial charge in [-0.3, -0.25) is 4.79 Å². The Morgan fingerprint density at radius 2 is 2.00 bits per heavy atom. The third-order valence-electron chi connectivity index (χ3n) is 0.855. The molecule has 1 heterocycles. The number of aromatic nitrogens is 1. The van der Waals surface area contributed by atoms with Gasteiger partial charge >= 0.3 is 29.6 Å². The second kappa shape index (κ2) is 4.75. The van der Waals surface area contributed by atoms with Crippen LogP contribution in [0.3, 0.4) is 0 Å². The van der Waals surface area contributed by atoms with Crippen molar-refractivity contribution in [3.05, 3.63) is 31.6 Å². The molecule has 0 fully saturated rings. The molecule has 0 spiro atoms. The Kier molecular flexibility index (Phi) is 5.10. The molecule has 0 aliphatic carbocycles. The van der Waals surface area contributed by atoms with Crippen molar-refractivity contribution in [2.24, 2.45) is 0 Å². The molecule has 0 saturated carbocycles. The Balaban J connectivity index is 0.000001000. The van der Waals surface area contributed by atoms with Crippen LogP contribution in [0.2, 0.25) is 15.2 Å². The van der Waals surface area contributed by atoms with Gasteiger partial charge in [-0.15, -0.1) is 0 Å². The molecule has 0 aliphatic rings. The van der Waals surface area contributed by atoms with Gasteiger partial charge in [0.05, 0.1) is 5.15 Å². The van der Waals surface area contributed by atoms with E-state index in [4.69, 9.17) is 34.8 Å². The second-order valence-corrected chi connectivity index (χ2v) is 2.72. The topological polar surface area (TPSA) is 30.0 Å². The molecule has 0 amide bonds. The van der Waals surface area contributed by atoms with Gasteiger partial charge in [-0.2, -0.15) is 17.7 Å². The molecule has 1 aromatic heterocycles. The van der Waals surface area contributed by atoms with Crippen molar-refractivity contribution in [2.45, 2.75) is 0 Å². The summed E-state index contributed by atoms with van der Waals surface area (Å²) in [7, 11) is 0. The summed E-state index contributed by atoms with van der Waals surface area (Å²) in [6.45, 7) is 0.